The van der Waals surface area contributed by atoms with Crippen LogP contribution in [0.1, 0.15) is 33.8 Å². The van der Waals surface area contributed by atoms with Crippen LogP contribution in [0.3, 0.4) is 0 Å². The first-order valence-corrected chi connectivity index (χ1v) is 6.55. The lowest BCUT2D eigenvalue weighted by Gasteiger charge is -2.25. The number of carbonyl (C=O) groups excluding carboxylic acids is 1. The molecule has 108 valence electrons. The molecule has 0 bridgehead atoms. The first kappa shape index (κ1) is 13.3. The number of phenols is 4. The lowest BCUT2D eigenvalue weighted by Crippen LogP contribution is -2.18. The molecule has 5 nitrogen and oxygen atoms in total. The molecule has 2 aromatic rings. The second-order valence-corrected chi connectivity index (χ2v) is 5.28. The second-order valence-electron chi connectivity index (χ2n) is 5.28. The summed E-state index contributed by atoms with van der Waals surface area (Å²) in [6.07, 6.45) is 0.669. The van der Waals surface area contributed by atoms with Crippen molar-refractivity contribution in [1.29, 1.82) is 0 Å². The first-order valence-electron chi connectivity index (χ1n) is 6.55. The summed E-state index contributed by atoms with van der Waals surface area (Å²) in [5, 5.41) is 38.2. The topological polar surface area (TPSA) is 98.0 Å². The monoisotopic (exact) mass is 286 g/mol. The standard InChI is InChI=1S/C16H14O5/c17-11-4-10-3-9(6-14(20)16(10)15(21)7-11)8-1-2-12(18)13(19)5-8/h1-2,4-5,7,9,17-19,21H,3,6H2. The van der Waals surface area contributed by atoms with Crippen LogP contribution < -0.4 is 0 Å². The minimum Gasteiger partial charge on any atom is -0.508 e. The van der Waals surface area contributed by atoms with Crippen molar-refractivity contribution in [3.63, 3.8) is 0 Å². The predicted octanol–water partition coefficient (Wildman–Crippen LogP) is 2.42. The van der Waals surface area contributed by atoms with Gasteiger partial charge in [0.2, 0.25) is 0 Å². The Labute approximate surface area is 120 Å². The first-order chi connectivity index (χ1) is 9.95. The van der Waals surface area contributed by atoms with Crippen LogP contribution in [0.4, 0.5) is 0 Å². The highest BCUT2D eigenvalue weighted by molar-refractivity contribution is 6.01. The average molecular weight is 286 g/mol. The van der Waals surface area contributed by atoms with E-state index in [9.17, 15) is 25.2 Å². The van der Waals surface area contributed by atoms with E-state index >= 15 is 0 Å². The fourth-order valence-corrected chi connectivity index (χ4v) is 2.85. The average Bonchev–Trinajstić information content (AvgIpc) is 2.40. The van der Waals surface area contributed by atoms with Gasteiger partial charge in [-0.15, -0.1) is 0 Å². The van der Waals surface area contributed by atoms with E-state index in [0.717, 1.165) is 11.6 Å². The van der Waals surface area contributed by atoms with Crippen molar-refractivity contribution in [2.75, 3.05) is 0 Å². The van der Waals surface area contributed by atoms with Crippen molar-refractivity contribution in [2.45, 2.75) is 18.8 Å². The Balaban J connectivity index is 2.01. The number of Topliss-reactive ketones (excluding diaryl/α,β-unsaturated/α-hetero) is 1. The van der Waals surface area contributed by atoms with Gasteiger partial charge in [-0.1, -0.05) is 6.07 Å². The molecule has 0 aromatic heterocycles. The molecule has 5 heteroatoms. The Kier molecular flexibility index (Phi) is 2.97. The van der Waals surface area contributed by atoms with Gasteiger partial charge in [0.1, 0.15) is 11.5 Å². The molecule has 0 fully saturated rings. The maximum absolute atomic E-state index is 12.2. The second kappa shape index (κ2) is 4.70. The molecule has 21 heavy (non-hydrogen) atoms. The van der Waals surface area contributed by atoms with Gasteiger partial charge in [-0.25, -0.2) is 0 Å². The van der Waals surface area contributed by atoms with Crippen LogP contribution >= 0.6 is 0 Å². The summed E-state index contributed by atoms with van der Waals surface area (Å²) in [6.45, 7) is 0. The van der Waals surface area contributed by atoms with E-state index in [1.54, 1.807) is 6.07 Å². The molecule has 0 amide bonds. The summed E-state index contributed by atoms with van der Waals surface area (Å²) in [6, 6.07) is 7.09. The van der Waals surface area contributed by atoms with Crippen molar-refractivity contribution in [2.24, 2.45) is 0 Å². The number of phenolic OH excluding ortho intramolecular Hbond substituents is 4. The molecule has 0 heterocycles. The molecule has 0 spiro atoms. The van der Waals surface area contributed by atoms with Gasteiger partial charge in [-0.05, 0) is 41.7 Å². The number of fused-ring (bicyclic) bond motifs is 1. The summed E-state index contributed by atoms with van der Waals surface area (Å²) in [4.78, 5) is 12.2. The van der Waals surface area contributed by atoms with Gasteiger partial charge in [0.05, 0.1) is 5.56 Å². The van der Waals surface area contributed by atoms with Gasteiger partial charge in [-0.3, -0.25) is 4.79 Å². The zero-order chi connectivity index (χ0) is 15.1. The fourth-order valence-electron chi connectivity index (χ4n) is 2.85. The smallest absolute Gasteiger partial charge is 0.167 e. The minimum absolute atomic E-state index is 0.0896. The third-order valence-electron chi connectivity index (χ3n) is 3.83. The Bertz CT molecular complexity index is 736. The number of aromatic hydroxyl groups is 4. The summed E-state index contributed by atoms with van der Waals surface area (Å²) in [5.74, 6) is -1.11. The van der Waals surface area contributed by atoms with E-state index in [4.69, 9.17) is 0 Å². The molecule has 0 saturated carbocycles. The third-order valence-corrected chi connectivity index (χ3v) is 3.83. The van der Waals surface area contributed by atoms with E-state index in [1.807, 2.05) is 0 Å². The van der Waals surface area contributed by atoms with Gasteiger partial charge >= 0.3 is 0 Å². The molecule has 1 atom stereocenters. The van der Waals surface area contributed by atoms with E-state index < -0.39 is 0 Å². The van der Waals surface area contributed by atoms with Crippen LogP contribution in [0, 0.1) is 0 Å². The van der Waals surface area contributed by atoms with Crippen LogP contribution in [0.15, 0.2) is 30.3 Å². The van der Waals surface area contributed by atoms with Crippen molar-refractivity contribution in [1.82, 2.24) is 0 Å². The van der Waals surface area contributed by atoms with Crippen LogP contribution in [0.2, 0.25) is 0 Å². The molecule has 2 aromatic carbocycles. The van der Waals surface area contributed by atoms with E-state index in [0.29, 0.717) is 12.0 Å². The van der Waals surface area contributed by atoms with Crippen molar-refractivity contribution < 1.29 is 25.2 Å². The van der Waals surface area contributed by atoms with Gasteiger partial charge in [0, 0.05) is 12.5 Å². The molecule has 1 aliphatic carbocycles. The highest BCUT2D eigenvalue weighted by Crippen LogP contribution is 2.40. The van der Waals surface area contributed by atoms with Gasteiger partial charge in [0.15, 0.2) is 17.3 Å². The van der Waals surface area contributed by atoms with Crippen molar-refractivity contribution >= 4 is 5.78 Å². The highest BCUT2D eigenvalue weighted by Gasteiger charge is 2.29. The van der Waals surface area contributed by atoms with E-state index in [-0.39, 0.29) is 46.7 Å². The minimum atomic E-state index is -0.232. The molecule has 3 rings (SSSR count). The number of hydrogen-bond acceptors (Lipinski definition) is 5. The number of ketones is 1. The molecular formula is C16H14O5. The van der Waals surface area contributed by atoms with E-state index in [1.165, 1.54) is 18.2 Å². The quantitative estimate of drug-likeness (QED) is 0.603. The van der Waals surface area contributed by atoms with Crippen molar-refractivity contribution in [3.8, 4) is 23.0 Å². The van der Waals surface area contributed by atoms with Crippen molar-refractivity contribution in [3.05, 3.63) is 47.0 Å². The maximum atomic E-state index is 12.2. The molecule has 1 unspecified atom stereocenters. The summed E-state index contributed by atoms with van der Waals surface area (Å²) in [7, 11) is 0. The zero-order valence-corrected chi connectivity index (χ0v) is 11.1. The molecule has 1 aliphatic rings. The zero-order valence-electron chi connectivity index (χ0n) is 11.1. The lowest BCUT2D eigenvalue weighted by atomic mass is 9.79. The van der Waals surface area contributed by atoms with Crippen LogP contribution in [-0.4, -0.2) is 26.2 Å². The Morgan fingerprint density at radius 3 is 2.33 bits per heavy atom. The third kappa shape index (κ3) is 2.27. The Morgan fingerprint density at radius 2 is 1.62 bits per heavy atom. The molecule has 0 radical (unpaired) electrons. The van der Waals surface area contributed by atoms with Crippen LogP contribution in [-0.2, 0) is 6.42 Å². The summed E-state index contributed by atoms with van der Waals surface area (Å²) < 4.78 is 0. The molecule has 0 saturated heterocycles. The van der Waals surface area contributed by atoms with Gasteiger partial charge in [0.25, 0.3) is 0 Å². The number of hydrogen-bond donors (Lipinski definition) is 4. The number of rotatable bonds is 1. The molecule has 4 N–H and O–H groups in total. The SMILES string of the molecule is O=C1CC(c2ccc(O)c(O)c2)Cc2cc(O)cc(O)c21. The van der Waals surface area contributed by atoms with Crippen LogP contribution in [0.5, 0.6) is 23.0 Å². The summed E-state index contributed by atoms with van der Waals surface area (Å²) in [5.41, 5.74) is 1.57. The highest BCUT2D eigenvalue weighted by atomic mass is 16.3. The lowest BCUT2D eigenvalue weighted by molar-refractivity contribution is 0.0961. The Hall–Kier alpha value is -2.69. The number of benzene rings is 2. The number of carbonyl (C=O) groups is 1. The molecular weight excluding hydrogens is 272 g/mol. The fraction of sp³-hybridized carbons (Fsp3) is 0.188. The largest absolute Gasteiger partial charge is 0.508 e. The Morgan fingerprint density at radius 1 is 0.857 bits per heavy atom. The van der Waals surface area contributed by atoms with Gasteiger partial charge in [-0.2, -0.15) is 0 Å². The normalized spacial score (nSPS) is 17.5. The van der Waals surface area contributed by atoms with Gasteiger partial charge < -0.3 is 20.4 Å². The van der Waals surface area contributed by atoms with Crippen LogP contribution in [0.25, 0.3) is 0 Å². The molecule has 0 aliphatic heterocycles. The summed E-state index contributed by atoms with van der Waals surface area (Å²) >= 11 is 0. The predicted molar refractivity (Wildman–Crippen MR) is 74.9 cm³/mol. The van der Waals surface area contributed by atoms with E-state index in [2.05, 4.69) is 0 Å². The maximum Gasteiger partial charge on any atom is 0.167 e.